The van der Waals surface area contributed by atoms with E-state index in [1.54, 1.807) is 31.4 Å². The Balaban J connectivity index is 1.62. The zero-order chi connectivity index (χ0) is 17.6. The molecule has 0 aliphatic heterocycles. The number of carbonyl (C=O) groups is 1. The molecule has 0 radical (unpaired) electrons. The van der Waals surface area contributed by atoms with Gasteiger partial charge in [-0.3, -0.25) is 4.79 Å². The smallest absolute Gasteiger partial charge is 0.210 e. The first-order valence-corrected chi connectivity index (χ1v) is 9.36. The number of rotatable bonds is 7. The van der Waals surface area contributed by atoms with Crippen molar-refractivity contribution < 1.29 is 9.53 Å². The van der Waals surface area contributed by atoms with Gasteiger partial charge in [-0.05, 0) is 43.3 Å². The number of methoxy groups -OCH3 is 1. The van der Waals surface area contributed by atoms with Crippen LogP contribution in [0.15, 0.2) is 58.9 Å². The van der Waals surface area contributed by atoms with Gasteiger partial charge in [0, 0.05) is 11.3 Å². The van der Waals surface area contributed by atoms with E-state index in [2.05, 4.69) is 15.5 Å². The molecule has 2 aromatic carbocycles. The van der Waals surface area contributed by atoms with E-state index in [9.17, 15) is 4.79 Å². The van der Waals surface area contributed by atoms with Gasteiger partial charge in [0.05, 0.1) is 12.4 Å². The van der Waals surface area contributed by atoms with E-state index in [4.69, 9.17) is 4.74 Å². The number of ketones is 1. The van der Waals surface area contributed by atoms with Crippen molar-refractivity contribution in [2.75, 3.05) is 12.4 Å². The molecule has 0 spiro atoms. The van der Waals surface area contributed by atoms with Crippen molar-refractivity contribution in [2.45, 2.75) is 16.5 Å². The SMILES string of the molecule is COc1ccc(C(=O)[C@@H](C)Sc2nnc(Nc3ccccc3)s2)cc1. The molecule has 25 heavy (non-hydrogen) atoms. The van der Waals surface area contributed by atoms with Crippen molar-refractivity contribution >= 4 is 39.7 Å². The number of Topliss-reactive ketones (excluding diaryl/α,β-unsaturated/α-hetero) is 1. The number of thioether (sulfide) groups is 1. The third-order valence-electron chi connectivity index (χ3n) is 3.45. The molecule has 0 bridgehead atoms. The van der Waals surface area contributed by atoms with Crippen LogP contribution in [0.3, 0.4) is 0 Å². The maximum absolute atomic E-state index is 12.5. The highest BCUT2D eigenvalue weighted by molar-refractivity contribution is 8.02. The van der Waals surface area contributed by atoms with Crippen LogP contribution in [0.4, 0.5) is 10.8 Å². The minimum atomic E-state index is -0.245. The third-order valence-corrected chi connectivity index (χ3v) is 5.48. The van der Waals surface area contributed by atoms with E-state index >= 15 is 0 Å². The van der Waals surface area contributed by atoms with Crippen molar-refractivity contribution in [2.24, 2.45) is 0 Å². The lowest BCUT2D eigenvalue weighted by atomic mass is 10.1. The minimum absolute atomic E-state index is 0.0559. The van der Waals surface area contributed by atoms with Crippen LogP contribution in [-0.2, 0) is 0 Å². The second kappa shape index (κ2) is 8.13. The van der Waals surface area contributed by atoms with Crippen LogP contribution >= 0.6 is 23.1 Å². The molecule has 0 amide bonds. The number of ether oxygens (including phenoxy) is 1. The molecule has 1 heterocycles. The Morgan fingerprint density at radius 2 is 1.84 bits per heavy atom. The normalized spacial score (nSPS) is 11.8. The van der Waals surface area contributed by atoms with Crippen molar-refractivity contribution in [1.29, 1.82) is 0 Å². The maximum atomic E-state index is 12.5. The number of nitrogens with one attached hydrogen (secondary N) is 1. The Morgan fingerprint density at radius 3 is 2.52 bits per heavy atom. The Hall–Kier alpha value is -2.38. The highest BCUT2D eigenvalue weighted by atomic mass is 32.2. The van der Waals surface area contributed by atoms with Crippen molar-refractivity contribution in [3.63, 3.8) is 0 Å². The first-order chi connectivity index (χ1) is 12.2. The topological polar surface area (TPSA) is 64.1 Å². The lowest BCUT2D eigenvalue weighted by molar-refractivity contribution is 0.0994. The molecule has 0 saturated carbocycles. The number of hydrogen-bond acceptors (Lipinski definition) is 7. The minimum Gasteiger partial charge on any atom is -0.497 e. The number of carbonyl (C=O) groups excluding carboxylic acids is 1. The Bertz CT molecular complexity index is 835. The Morgan fingerprint density at radius 1 is 1.12 bits per heavy atom. The standard InChI is InChI=1S/C18H17N3O2S2/c1-12(16(22)13-8-10-15(23-2)11-9-13)24-18-21-20-17(25-18)19-14-6-4-3-5-7-14/h3-12H,1-2H3,(H,19,20)/t12-/m1/s1. The van der Waals surface area contributed by atoms with Crippen LogP contribution in [0.1, 0.15) is 17.3 Å². The average molecular weight is 371 g/mol. The summed E-state index contributed by atoms with van der Waals surface area (Å²) in [7, 11) is 1.60. The third kappa shape index (κ3) is 4.58. The molecule has 1 N–H and O–H groups in total. The number of hydrogen-bond donors (Lipinski definition) is 1. The molecular weight excluding hydrogens is 354 g/mol. The van der Waals surface area contributed by atoms with Crippen molar-refractivity contribution in [1.82, 2.24) is 10.2 Å². The lowest BCUT2D eigenvalue weighted by Crippen LogP contribution is -2.13. The fourth-order valence-electron chi connectivity index (χ4n) is 2.15. The van der Waals surface area contributed by atoms with Crippen LogP contribution in [0.25, 0.3) is 0 Å². The van der Waals surface area contributed by atoms with Crippen LogP contribution in [-0.4, -0.2) is 28.3 Å². The highest BCUT2D eigenvalue weighted by Crippen LogP contribution is 2.31. The van der Waals surface area contributed by atoms with Gasteiger partial charge in [-0.1, -0.05) is 41.3 Å². The summed E-state index contributed by atoms with van der Waals surface area (Å²) in [5, 5.41) is 11.9. The second-order valence-electron chi connectivity index (χ2n) is 5.22. The summed E-state index contributed by atoms with van der Waals surface area (Å²) in [6, 6.07) is 16.9. The van der Waals surface area contributed by atoms with E-state index in [1.807, 2.05) is 37.3 Å². The van der Waals surface area contributed by atoms with Crippen molar-refractivity contribution in [3.8, 4) is 5.75 Å². The molecule has 5 nitrogen and oxygen atoms in total. The zero-order valence-electron chi connectivity index (χ0n) is 13.8. The molecule has 0 saturated heterocycles. The Labute approximate surface area is 154 Å². The van der Waals surface area contributed by atoms with E-state index in [-0.39, 0.29) is 11.0 Å². The van der Waals surface area contributed by atoms with Crippen molar-refractivity contribution in [3.05, 3.63) is 60.2 Å². The molecule has 1 atom stereocenters. The van der Waals surface area contributed by atoms with E-state index in [0.717, 1.165) is 15.8 Å². The summed E-state index contributed by atoms with van der Waals surface area (Å²) >= 11 is 2.84. The number of nitrogens with zero attached hydrogens (tertiary/aromatic N) is 2. The maximum Gasteiger partial charge on any atom is 0.210 e. The van der Waals surface area contributed by atoms with E-state index in [0.29, 0.717) is 10.7 Å². The largest absolute Gasteiger partial charge is 0.497 e. The van der Waals surface area contributed by atoms with Crippen LogP contribution < -0.4 is 10.1 Å². The zero-order valence-corrected chi connectivity index (χ0v) is 15.4. The number of benzene rings is 2. The molecule has 0 unspecified atom stereocenters. The predicted molar refractivity (Wildman–Crippen MR) is 102 cm³/mol. The molecule has 128 valence electrons. The fourth-order valence-corrected chi connectivity index (χ4v) is 4.14. The highest BCUT2D eigenvalue weighted by Gasteiger charge is 2.19. The van der Waals surface area contributed by atoms with Gasteiger partial charge in [0.25, 0.3) is 0 Å². The van der Waals surface area contributed by atoms with Gasteiger partial charge in [0.15, 0.2) is 10.1 Å². The number of para-hydroxylation sites is 1. The molecule has 0 aliphatic carbocycles. The average Bonchev–Trinajstić information content (AvgIpc) is 3.08. The summed E-state index contributed by atoms with van der Waals surface area (Å²) in [5.41, 5.74) is 1.62. The molecular formula is C18H17N3O2S2. The molecule has 0 fully saturated rings. The first kappa shape index (κ1) is 17.4. The van der Waals surface area contributed by atoms with Gasteiger partial charge in [-0.2, -0.15) is 0 Å². The molecule has 3 aromatic rings. The number of aromatic nitrogens is 2. The summed E-state index contributed by atoms with van der Waals surface area (Å²) in [5.74, 6) is 0.790. The van der Waals surface area contributed by atoms with E-state index < -0.39 is 0 Å². The van der Waals surface area contributed by atoms with Gasteiger partial charge in [-0.25, -0.2) is 0 Å². The van der Waals surface area contributed by atoms with Gasteiger partial charge in [0.2, 0.25) is 5.13 Å². The quantitative estimate of drug-likeness (QED) is 0.482. The molecule has 3 rings (SSSR count). The van der Waals surface area contributed by atoms with Gasteiger partial charge < -0.3 is 10.1 Å². The van der Waals surface area contributed by atoms with E-state index in [1.165, 1.54) is 23.1 Å². The summed E-state index contributed by atoms with van der Waals surface area (Å²) < 4.78 is 5.87. The van der Waals surface area contributed by atoms with Crippen LogP contribution in [0.2, 0.25) is 0 Å². The summed E-state index contributed by atoms with van der Waals surface area (Å²) in [6.07, 6.45) is 0. The molecule has 0 aliphatic rings. The Kier molecular flexibility index (Phi) is 5.67. The first-order valence-electron chi connectivity index (χ1n) is 7.66. The summed E-state index contributed by atoms with van der Waals surface area (Å²) in [4.78, 5) is 12.5. The van der Waals surface area contributed by atoms with Gasteiger partial charge in [0.1, 0.15) is 5.75 Å². The van der Waals surface area contributed by atoms with Crippen LogP contribution in [0, 0.1) is 0 Å². The predicted octanol–water partition coefficient (Wildman–Crippen LogP) is 4.65. The molecule has 7 heteroatoms. The lowest BCUT2D eigenvalue weighted by Gasteiger charge is -2.08. The molecule has 1 aromatic heterocycles. The monoisotopic (exact) mass is 371 g/mol. The van der Waals surface area contributed by atoms with Gasteiger partial charge >= 0.3 is 0 Å². The second-order valence-corrected chi connectivity index (χ2v) is 7.78. The fraction of sp³-hybridized carbons (Fsp3) is 0.167. The van der Waals surface area contributed by atoms with Gasteiger partial charge in [-0.15, -0.1) is 10.2 Å². The van der Waals surface area contributed by atoms with Crippen LogP contribution in [0.5, 0.6) is 5.75 Å². The number of anilines is 2. The summed E-state index contributed by atoms with van der Waals surface area (Å²) in [6.45, 7) is 1.88.